The molecule has 3 rings (SSSR count). The zero-order valence-electron chi connectivity index (χ0n) is 11.8. The number of anilines is 1. The molecule has 22 heavy (non-hydrogen) atoms. The molecule has 0 saturated heterocycles. The monoisotopic (exact) mass is 295 g/mol. The van der Waals surface area contributed by atoms with Crippen molar-refractivity contribution in [1.82, 2.24) is 10.2 Å². The van der Waals surface area contributed by atoms with Gasteiger partial charge in [-0.2, -0.15) is 5.10 Å². The number of nitrogens with zero attached hydrogens (tertiary/aromatic N) is 1. The number of benzene rings is 2. The van der Waals surface area contributed by atoms with E-state index in [-0.39, 0.29) is 5.56 Å². The first-order valence-corrected chi connectivity index (χ1v) is 6.57. The zero-order valence-corrected chi connectivity index (χ0v) is 11.8. The van der Waals surface area contributed by atoms with E-state index < -0.39 is 5.97 Å². The quantitative estimate of drug-likeness (QED) is 0.556. The lowest BCUT2D eigenvalue weighted by molar-refractivity contribution is 0.0601. The molecule has 2 aromatic carbocycles. The topological polar surface area (TPSA) is 98.1 Å². The summed E-state index contributed by atoms with van der Waals surface area (Å²) in [6.07, 6.45) is 0. The van der Waals surface area contributed by atoms with E-state index in [9.17, 15) is 9.59 Å². The van der Waals surface area contributed by atoms with Crippen LogP contribution in [0.3, 0.4) is 0 Å². The average Bonchev–Trinajstić information content (AvgIpc) is 2.55. The van der Waals surface area contributed by atoms with Crippen LogP contribution in [0.5, 0.6) is 0 Å². The van der Waals surface area contributed by atoms with Gasteiger partial charge in [0, 0.05) is 16.6 Å². The summed E-state index contributed by atoms with van der Waals surface area (Å²) in [5.41, 5.74) is 7.25. The van der Waals surface area contributed by atoms with E-state index in [1.54, 1.807) is 30.3 Å². The highest BCUT2D eigenvalue weighted by Crippen LogP contribution is 2.29. The number of esters is 1. The van der Waals surface area contributed by atoms with E-state index in [2.05, 4.69) is 10.2 Å². The number of fused-ring (bicyclic) bond motifs is 1. The molecule has 0 bridgehead atoms. The van der Waals surface area contributed by atoms with Crippen LogP contribution >= 0.6 is 0 Å². The van der Waals surface area contributed by atoms with Crippen LogP contribution in [0.2, 0.25) is 0 Å². The smallest absolute Gasteiger partial charge is 0.338 e. The van der Waals surface area contributed by atoms with Crippen molar-refractivity contribution >= 4 is 22.4 Å². The number of rotatable bonds is 2. The number of hydrogen-bond acceptors (Lipinski definition) is 5. The lowest BCUT2D eigenvalue weighted by atomic mass is 9.99. The summed E-state index contributed by atoms with van der Waals surface area (Å²) in [7, 11) is 1.30. The number of carbonyl (C=O) groups excluding carboxylic acids is 1. The molecule has 0 unspecified atom stereocenters. The van der Waals surface area contributed by atoms with Gasteiger partial charge in [0.25, 0.3) is 5.56 Å². The Morgan fingerprint density at radius 3 is 2.64 bits per heavy atom. The Morgan fingerprint density at radius 2 is 1.91 bits per heavy atom. The summed E-state index contributed by atoms with van der Waals surface area (Å²) in [4.78, 5) is 23.8. The summed E-state index contributed by atoms with van der Waals surface area (Å²) >= 11 is 0. The molecule has 6 heteroatoms. The standard InChI is InChI=1S/C16H13N3O3/c1-22-16(21)13-8-9(17)6-7-11(13)14-10-4-2-3-5-12(10)15(20)19-18-14/h2-8H,17H2,1H3,(H,19,20). The molecule has 6 nitrogen and oxygen atoms in total. The molecule has 3 aromatic rings. The van der Waals surface area contributed by atoms with E-state index >= 15 is 0 Å². The number of H-pyrrole nitrogens is 1. The molecule has 3 N–H and O–H groups in total. The predicted molar refractivity (Wildman–Crippen MR) is 83.6 cm³/mol. The summed E-state index contributed by atoms with van der Waals surface area (Å²) in [5.74, 6) is -0.514. The molecule has 1 heterocycles. The largest absolute Gasteiger partial charge is 0.465 e. The fourth-order valence-corrected chi connectivity index (χ4v) is 2.37. The first-order valence-electron chi connectivity index (χ1n) is 6.57. The molecule has 0 amide bonds. The third kappa shape index (κ3) is 2.20. The first kappa shape index (κ1) is 13.8. The molecule has 0 aliphatic carbocycles. The minimum atomic E-state index is -0.514. The molecule has 1 aromatic heterocycles. The Morgan fingerprint density at radius 1 is 1.18 bits per heavy atom. The van der Waals surface area contributed by atoms with Gasteiger partial charge in [0.05, 0.1) is 23.8 Å². The van der Waals surface area contributed by atoms with Gasteiger partial charge in [-0.25, -0.2) is 9.89 Å². The Bertz CT molecular complexity index is 931. The third-order valence-corrected chi connectivity index (χ3v) is 3.40. The number of ether oxygens (including phenoxy) is 1. The second kappa shape index (κ2) is 5.33. The Balaban J connectivity index is 2.36. The highest BCUT2D eigenvalue weighted by atomic mass is 16.5. The van der Waals surface area contributed by atoms with Gasteiger partial charge < -0.3 is 10.5 Å². The van der Waals surface area contributed by atoms with Crippen molar-refractivity contribution in [2.45, 2.75) is 0 Å². The summed E-state index contributed by atoms with van der Waals surface area (Å²) in [6, 6.07) is 12.0. The van der Waals surface area contributed by atoms with E-state index in [0.29, 0.717) is 33.3 Å². The second-order valence-electron chi connectivity index (χ2n) is 4.74. The van der Waals surface area contributed by atoms with Crippen molar-refractivity contribution in [3.05, 3.63) is 58.4 Å². The maximum atomic E-state index is 12.0. The molecular formula is C16H13N3O3. The van der Waals surface area contributed by atoms with E-state index in [4.69, 9.17) is 10.5 Å². The number of nitrogens with two attached hydrogens (primary N) is 1. The number of methoxy groups -OCH3 is 1. The van der Waals surface area contributed by atoms with Crippen molar-refractivity contribution in [1.29, 1.82) is 0 Å². The summed E-state index contributed by atoms with van der Waals surface area (Å²) < 4.78 is 4.80. The van der Waals surface area contributed by atoms with Crippen LogP contribution in [0, 0.1) is 0 Å². The summed E-state index contributed by atoms with van der Waals surface area (Å²) in [6.45, 7) is 0. The van der Waals surface area contributed by atoms with Gasteiger partial charge in [-0.05, 0) is 24.3 Å². The van der Waals surface area contributed by atoms with Gasteiger partial charge in [-0.15, -0.1) is 0 Å². The number of nitrogens with one attached hydrogen (secondary N) is 1. The van der Waals surface area contributed by atoms with Crippen molar-refractivity contribution in [3.63, 3.8) is 0 Å². The number of nitrogen functional groups attached to an aromatic ring is 1. The van der Waals surface area contributed by atoms with Gasteiger partial charge in [0.1, 0.15) is 0 Å². The minimum Gasteiger partial charge on any atom is -0.465 e. The Labute approximate surface area is 125 Å². The predicted octanol–water partition coefficient (Wildman–Crippen LogP) is 1.96. The highest BCUT2D eigenvalue weighted by Gasteiger charge is 2.17. The van der Waals surface area contributed by atoms with Crippen molar-refractivity contribution in [3.8, 4) is 11.3 Å². The molecule has 0 aliphatic rings. The molecule has 110 valence electrons. The number of carbonyl (C=O) groups is 1. The fourth-order valence-electron chi connectivity index (χ4n) is 2.37. The van der Waals surface area contributed by atoms with E-state index in [1.165, 1.54) is 13.2 Å². The Kier molecular flexibility index (Phi) is 3.34. The van der Waals surface area contributed by atoms with E-state index in [1.807, 2.05) is 6.07 Å². The van der Waals surface area contributed by atoms with Crippen molar-refractivity contribution in [2.75, 3.05) is 12.8 Å². The maximum absolute atomic E-state index is 12.0. The molecule has 0 atom stereocenters. The summed E-state index contributed by atoms with van der Waals surface area (Å²) in [5, 5.41) is 7.70. The van der Waals surface area contributed by atoms with Crippen LogP contribution in [-0.4, -0.2) is 23.3 Å². The van der Waals surface area contributed by atoms with Gasteiger partial charge >= 0.3 is 5.97 Å². The van der Waals surface area contributed by atoms with Crippen LogP contribution < -0.4 is 11.3 Å². The van der Waals surface area contributed by atoms with Gasteiger partial charge in [0.2, 0.25) is 0 Å². The maximum Gasteiger partial charge on any atom is 0.338 e. The Hall–Kier alpha value is -3.15. The van der Waals surface area contributed by atoms with Crippen molar-refractivity contribution in [2.24, 2.45) is 0 Å². The van der Waals surface area contributed by atoms with Gasteiger partial charge in [-0.1, -0.05) is 18.2 Å². The van der Waals surface area contributed by atoms with Crippen LogP contribution in [0.4, 0.5) is 5.69 Å². The van der Waals surface area contributed by atoms with Crippen LogP contribution in [0.15, 0.2) is 47.3 Å². The molecule has 0 aliphatic heterocycles. The van der Waals surface area contributed by atoms with Crippen LogP contribution in [0.1, 0.15) is 10.4 Å². The lowest BCUT2D eigenvalue weighted by Gasteiger charge is -2.10. The fraction of sp³-hybridized carbons (Fsp3) is 0.0625. The molecule has 0 fully saturated rings. The zero-order chi connectivity index (χ0) is 15.7. The molecular weight excluding hydrogens is 282 g/mol. The molecule has 0 saturated carbocycles. The second-order valence-corrected chi connectivity index (χ2v) is 4.74. The van der Waals surface area contributed by atoms with Gasteiger partial charge in [-0.3, -0.25) is 4.79 Å². The highest BCUT2D eigenvalue weighted by molar-refractivity contribution is 6.03. The SMILES string of the molecule is COC(=O)c1cc(N)ccc1-c1n[nH]c(=O)c2ccccc12. The van der Waals surface area contributed by atoms with Crippen LogP contribution in [-0.2, 0) is 4.74 Å². The number of hydrogen-bond donors (Lipinski definition) is 2. The average molecular weight is 295 g/mol. The first-order chi connectivity index (χ1) is 10.6. The number of aromatic nitrogens is 2. The normalized spacial score (nSPS) is 10.6. The van der Waals surface area contributed by atoms with Gasteiger partial charge in [0.15, 0.2) is 0 Å². The molecule has 0 radical (unpaired) electrons. The minimum absolute atomic E-state index is 0.283. The van der Waals surface area contributed by atoms with Crippen LogP contribution in [0.25, 0.3) is 22.0 Å². The lowest BCUT2D eigenvalue weighted by Crippen LogP contribution is -2.11. The van der Waals surface area contributed by atoms with E-state index in [0.717, 1.165) is 0 Å². The molecule has 0 spiro atoms. The van der Waals surface area contributed by atoms with Crippen molar-refractivity contribution < 1.29 is 9.53 Å². The number of aromatic amines is 1. The third-order valence-electron chi connectivity index (χ3n) is 3.40.